The number of hydrogen-bond acceptors (Lipinski definition) is 5. The molecule has 1 aliphatic heterocycles. The molecule has 1 amide bonds. The van der Waals surface area contributed by atoms with Crippen molar-refractivity contribution in [2.45, 2.75) is 33.6 Å². The van der Waals surface area contributed by atoms with Crippen LogP contribution in [0.5, 0.6) is 0 Å². The first-order valence-electron chi connectivity index (χ1n) is 9.46. The van der Waals surface area contributed by atoms with E-state index in [-0.39, 0.29) is 11.8 Å². The summed E-state index contributed by atoms with van der Waals surface area (Å²) < 4.78 is 5.73. The van der Waals surface area contributed by atoms with E-state index in [1.54, 1.807) is 0 Å². The van der Waals surface area contributed by atoms with E-state index < -0.39 is 0 Å². The fraction of sp³-hybridized carbons (Fsp3) is 0.381. The zero-order valence-electron chi connectivity index (χ0n) is 16.3. The predicted octanol–water partition coefficient (Wildman–Crippen LogP) is 4.66. The van der Waals surface area contributed by atoms with Gasteiger partial charge in [0, 0.05) is 18.7 Å². The van der Waals surface area contributed by atoms with E-state index in [1.165, 1.54) is 6.33 Å². The first-order chi connectivity index (χ1) is 13.4. The van der Waals surface area contributed by atoms with Crippen LogP contribution in [0.4, 0.5) is 11.5 Å². The first kappa shape index (κ1) is 18.7. The molecule has 1 saturated heterocycles. The van der Waals surface area contributed by atoms with Gasteiger partial charge in [0.15, 0.2) is 0 Å². The number of fused-ring (bicyclic) bond motifs is 1. The minimum atomic E-state index is -0.135. The lowest BCUT2D eigenvalue weighted by Crippen LogP contribution is -2.41. The molecule has 1 aromatic carbocycles. The molecule has 1 aliphatic rings. The second kappa shape index (κ2) is 7.43. The van der Waals surface area contributed by atoms with Crippen molar-refractivity contribution < 1.29 is 9.21 Å². The maximum atomic E-state index is 12.9. The van der Waals surface area contributed by atoms with E-state index >= 15 is 0 Å². The highest BCUT2D eigenvalue weighted by molar-refractivity contribution is 6.33. The van der Waals surface area contributed by atoms with E-state index in [1.807, 2.05) is 39.0 Å². The summed E-state index contributed by atoms with van der Waals surface area (Å²) in [5.74, 6) is 1.53. The Bertz CT molecular complexity index is 1050. The van der Waals surface area contributed by atoms with Gasteiger partial charge >= 0.3 is 0 Å². The van der Waals surface area contributed by atoms with Gasteiger partial charge in [-0.2, -0.15) is 0 Å². The number of aromatic nitrogens is 2. The van der Waals surface area contributed by atoms with Crippen molar-refractivity contribution in [1.82, 2.24) is 9.97 Å². The van der Waals surface area contributed by atoms with Crippen molar-refractivity contribution in [3.63, 3.8) is 0 Å². The third kappa shape index (κ3) is 3.44. The minimum Gasteiger partial charge on any atom is -0.443 e. The lowest BCUT2D eigenvalue weighted by Gasteiger charge is -2.33. The van der Waals surface area contributed by atoms with Gasteiger partial charge in [0.1, 0.15) is 17.9 Å². The van der Waals surface area contributed by atoms with Gasteiger partial charge in [-0.3, -0.25) is 4.79 Å². The average molecular weight is 399 g/mol. The van der Waals surface area contributed by atoms with Crippen LogP contribution in [0, 0.1) is 26.7 Å². The molecule has 3 aromatic rings. The third-order valence-corrected chi connectivity index (χ3v) is 5.73. The Morgan fingerprint density at radius 3 is 2.89 bits per heavy atom. The quantitative estimate of drug-likeness (QED) is 0.694. The molecule has 1 N–H and O–H groups in total. The Balaban J connectivity index is 1.56. The number of carbonyl (C=O) groups excluding carboxylic acids is 1. The number of benzene rings is 1. The van der Waals surface area contributed by atoms with Crippen LogP contribution >= 0.6 is 11.6 Å². The zero-order chi connectivity index (χ0) is 19.8. The van der Waals surface area contributed by atoms with Gasteiger partial charge in [-0.05, 0) is 51.3 Å². The van der Waals surface area contributed by atoms with Gasteiger partial charge in [-0.25, -0.2) is 9.97 Å². The van der Waals surface area contributed by atoms with Gasteiger partial charge in [0.2, 0.25) is 11.6 Å². The number of carbonyl (C=O) groups is 1. The molecule has 1 atom stereocenters. The molecule has 0 spiro atoms. The summed E-state index contributed by atoms with van der Waals surface area (Å²) in [6.07, 6.45) is 3.28. The van der Waals surface area contributed by atoms with E-state index in [9.17, 15) is 4.79 Å². The molecule has 1 fully saturated rings. The number of nitrogens with one attached hydrogen (secondary N) is 1. The van der Waals surface area contributed by atoms with Crippen molar-refractivity contribution in [2.24, 2.45) is 5.92 Å². The molecule has 0 bridgehead atoms. The molecule has 7 heteroatoms. The molecular formula is C21H23ClN4O2. The lowest BCUT2D eigenvalue weighted by molar-refractivity contribution is -0.120. The molecule has 0 aliphatic carbocycles. The number of rotatable bonds is 3. The summed E-state index contributed by atoms with van der Waals surface area (Å²) in [5, 5.41) is 4.47. The van der Waals surface area contributed by atoms with Crippen LogP contribution in [0.1, 0.15) is 29.7 Å². The topological polar surface area (TPSA) is 71.3 Å². The number of aryl methyl sites for hydroxylation is 3. The number of halogens is 1. The third-order valence-electron chi connectivity index (χ3n) is 5.42. The van der Waals surface area contributed by atoms with Gasteiger partial charge in [-0.1, -0.05) is 17.7 Å². The van der Waals surface area contributed by atoms with Crippen LogP contribution in [0.15, 0.2) is 28.9 Å². The molecule has 0 saturated carbocycles. The molecule has 146 valence electrons. The summed E-state index contributed by atoms with van der Waals surface area (Å²) in [7, 11) is 0. The summed E-state index contributed by atoms with van der Waals surface area (Å²) in [6, 6.07) is 5.64. The fourth-order valence-corrected chi connectivity index (χ4v) is 4.03. The van der Waals surface area contributed by atoms with Crippen LogP contribution in [0.25, 0.3) is 11.1 Å². The Kier molecular flexibility index (Phi) is 4.98. The molecule has 1 unspecified atom stereocenters. The van der Waals surface area contributed by atoms with Gasteiger partial charge in [0.25, 0.3) is 0 Å². The molecular weight excluding hydrogens is 376 g/mol. The maximum absolute atomic E-state index is 12.9. The zero-order valence-corrected chi connectivity index (χ0v) is 17.0. The summed E-state index contributed by atoms with van der Waals surface area (Å²) in [4.78, 5) is 23.8. The lowest BCUT2D eigenvalue weighted by atomic mass is 9.96. The number of hydrogen-bond donors (Lipinski definition) is 1. The van der Waals surface area contributed by atoms with E-state index in [0.29, 0.717) is 23.0 Å². The average Bonchev–Trinajstić information content (AvgIpc) is 2.98. The fourth-order valence-electron chi connectivity index (χ4n) is 3.74. The van der Waals surface area contributed by atoms with Crippen LogP contribution in [0.2, 0.25) is 5.02 Å². The highest BCUT2D eigenvalue weighted by atomic mass is 35.5. The van der Waals surface area contributed by atoms with Crippen LogP contribution in [0.3, 0.4) is 0 Å². The van der Waals surface area contributed by atoms with Crippen molar-refractivity contribution in [3.05, 3.63) is 46.4 Å². The largest absolute Gasteiger partial charge is 0.443 e. The normalized spacial score (nSPS) is 17.1. The molecule has 6 nitrogen and oxygen atoms in total. The van der Waals surface area contributed by atoms with Crippen molar-refractivity contribution >= 4 is 40.1 Å². The Morgan fingerprint density at radius 1 is 1.29 bits per heavy atom. The minimum absolute atomic E-state index is 0.0131. The number of furan rings is 1. The molecule has 28 heavy (non-hydrogen) atoms. The van der Waals surface area contributed by atoms with Crippen LogP contribution in [-0.2, 0) is 4.79 Å². The van der Waals surface area contributed by atoms with Crippen LogP contribution < -0.4 is 10.2 Å². The number of piperidine rings is 1. The molecule has 0 radical (unpaired) electrons. The standard InChI is InChI=1S/C21H23ClN4O2/c1-12-6-7-17(16(22)9-12)25-20(27)15-5-4-8-26(10-15)19-18-13(2)14(3)28-21(18)24-11-23-19/h6-7,9,11,15H,4-5,8,10H2,1-3H3,(H,25,27). The molecule has 3 heterocycles. The van der Waals surface area contributed by atoms with Gasteiger partial charge in [0.05, 0.1) is 22.0 Å². The SMILES string of the molecule is Cc1ccc(NC(=O)C2CCCN(c3ncnc4oc(C)c(C)c34)C2)c(Cl)c1. The van der Waals surface area contributed by atoms with Crippen LogP contribution in [-0.4, -0.2) is 29.0 Å². The van der Waals surface area contributed by atoms with Crippen molar-refractivity contribution in [1.29, 1.82) is 0 Å². The number of nitrogens with zero attached hydrogens (tertiary/aromatic N) is 3. The van der Waals surface area contributed by atoms with E-state index in [4.69, 9.17) is 16.0 Å². The van der Waals surface area contributed by atoms with Crippen molar-refractivity contribution in [2.75, 3.05) is 23.3 Å². The summed E-state index contributed by atoms with van der Waals surface area (Å²) in [6.45, 7) is 7.37. The molecule has 4 rings (SSSR count). The second-order valence-electron chi connectivity index (χ2n) is 7.42. The predicted molar refractivity (Wildman–Crippen MR) is 111 cm³/mol. The second-order valence-corrected chi connectivity index (χ2v) is 7.83. The van der Waals surface area contributed by atoms with Gasteiger partial charge in [-0.15, -0.1) is 0 Å². The van der Waals surface area contributed by atoms with E-state index in [0.717, 1.165) is 47.5 Å². The highest BCUT2D eigenvalue weighted by Gasteiger charge is 2.29. The Hall–Kier alpha value is -2.60. The monoisotopic (exact) mass is 398 g/mol. The first-order valence-corrected chi connectivity index (χ1v) is 9.84. The van der Waals surface area contributed by atoms with Gasteiger partial charge < -0.3 is 14.6 Å². The Labute approximate surface area is 168 Å². The smallest absolute Gasteiger partial charge is 0.231 e. The summed E-state index contributed by atoms with van der Waals surface area (Å²) >= 11 is 6.27. The maximum Gasteiger partial charge on any atom is 0.231 e. The summed E-state index contributed by atoms with van der Waals surface area (Å²) in [5.41, 5.74) is 3.35. The van der Waals surface area contributed by atoms with Crippen molar-refractivity contribution in [3.8, 4) is 0 Å². The number of anilines is 2. The molecule has 2 aromatic heterocycles. The highest BCUT2D eigenvalue weighted by Crippen LogP contribution is 2.33. The van der Waals surface area contributed by atoms with E-state index in [2.05, 4.69) is 20.2 Å². The Morgan fingerprint density at radius 2 is 2.11 bits per heavy atom. The number of amides is 1.